The summed E-state index contributed by atoms with van der Waals surface area (Å²) in [5, 5.41) is 11.8. The van der Waals surface area contributed by atoms with Crippen molar-refractivity contribution < 1.29 is 4.79 Å². The van der Waals surface area contributed by atoms with E-state index in [4.69, 9.17) is 0 Å². The van der Waals surface area contributed by atoms with Gasteiger partial charge in [0.05, 0.1) is 4.88 Å². The van der Waals surface area contributed by atoms with Gasteiger partial charge in [0.1, 0.15) is 6.33 Å². The number of fused-ring (bicyclic) bond motifs is 1. The minimum atomic E-state index is -0.0203. The predicted molar refractivity (Wildman–Crippen MR) is 100 cm³/mol. The molecule has 25 heavy (non-hydrogen) atoms. The van der Waals surface area contributed by atoms with Crippen LogP contribution in [-0.4, -0.2) is 20.7 Å². The maximum Gasteiger partial charge on any atom is 0.265 e. The molecule has 1 amide bonds. The molecule has 5 nitrogen and oxygen atoms in total. The average Bonchev–Trinajstić information content (AvgIpc) is 3.23. The molecule has 0 spiro atoms. The van der Waals surface area contributed by atoms with E-state index in [0.717, 1.165) is 33.5 Å². The van der Waals surface area contributed by atoms with Crippen LogP contribution in [0.4, 0.5) is 5.69 Å². The summed E-state index contributed by atoms with van der Waals surface area (Å²) in [5.41, 5.74) is 2.16. The van der Waals surface area contributed by atoms with Crippen LogP contribution in [0.5, 0.6) is 0 Å². The van der Waals surface area contributed by atoms with E-state index in [9.17, 15) is 4.79 Å². The van der Waals surface area contributed by atoms with Gasteiger partial charge in [-0.1, -0.05) is 0 Å². The highest BCUT2D eigenvalue weighted by molar-refractivity contribution is 7.99. The first-order valence-electron chi connectivity index (χ1n) is 8.24. The van der Waals surface area contributed by atoms with E-state index >= 15 is 0 Å². The highest BCUT2D eigenvalue weighted by Crippen LogP contribution is 2.30. The van der Waals surface area contributed by atoms with Crippen molar-refractivity contribution in [1.82, 2.24) is 14.8 Å². The third kappa shape index (κ3) is 3.62. The molecule has 128 valence electrons. The first-order chi connectivity index (χ1) is 12.2. The van der Waals surface area contributed by atoms with Gasteiger partial charge in [0.2, 0.25) is 0 Å². The van der Waals surface area contributed by atoms with Crippen LogP contribution in [0.1, 0.15) is 33.0 Å². The summed E-state index contributed by atoms with van der Waals surface area (Å²) in [6.07, 6.45) is 6.36. The smallest absolute Gasteiger partial charge is 0.265 e. The Labute approximate surface area is 154 Å². The number of thiophene rings is 1. The van der Waals surface area contributed by atoms with Crippen LogP contribution in [-0.2, 0) is 19.9 Å². The van der Waals surface area contributed by atoms with Crippen LogP contribution in [0.15, 0.2) is 46.7 Å². The van der Waals surface area contributed by atoms with E-state index in [2.05, 4.69) is 21.6 Å². The number of hydrogen-bond acceptors (Lipinski definition) is 5. The fourth-order valence-corrected chi connectivity index (χ4v) is 4.78. The monoisotopic (exact) mass is 370 g/mol. The number of anilines is 1. The van der Waals surface area contributed by atoms with Crippen molar-refractivity contribution in [3.8, 4) is 0 Å². The summed E-state index contributed by atoms with van der Waals surface area (Å²) in [5.74, 6) is -0.0203. The highest BCUT2D eigenvalue weighted by atomic mass is 32.2. The van der Waals surface area contributed by atoms with Crippen LogP contribution in [0, 0.1) is 0 Å². The second kappa shape index (κ2) is 7.01. The van der Waals surface area contributed by atoms with Crippen molar-refractivity contribution >= 4 is 34.7 Å². The summed E-state index contributed by atoms with van der Waals surface area (Å²) < 4.78 is 1.87. The molecule has 1 aliphatic carbocycles. The molecular formula is C18H18N4OS2. The van der Waals surface area contributed by atoms with Crippen molar-refractivity contribution in [3.63, 3.8) is 0 Å². The molecule has 1 aliphatic rings. The van der Waals surface area contributed by atoms with Crippen molar-refractivity contribution in [3.05, 3.63) is 52.0 Å². The van der Waals surface area contributed by atoms with Crippen LogP contribution in [0.3, 0.4) is 0 Å². The molecule has 1 aromatic carbocycles. The molecule has 0 radical (unpaired) electrons. The van der Waals surface area contributed by atoms with Crippen LogP contribution < -0.4 is 5.32 Å². The third-order valence-corrected chi connectivity index (χ3v) is 6.51. The number of benzene rings is 1. The second-order valence-electron chi connectivity index (χ2n) is 6.07. The fraction of sp³-hybridized carbons (Fsp3) is 0.278. The van der Waals surface area contributed by atoms with Crippen LogP contribution in [0.25, 0.3) is 0 Å². The molecule has 2 heterocycles. The normalized spacial score (nSPS) is 13.5. The van der Waals surface area contributed by atoms with E-state index in [1.165, 1.54) is 23.3 Å². The summed E-state index contributed by atoms with van der Waals surface area (Å²) in [4.78, 5) is 15.7. The molecule has 2 aromatic heterocycles. The lowest BCUT2D eigenvalue weighted by Crippen LogP contribution is -2.09. The maximum absolute atomic E-state index is 12.5. The molecule has 0 atom stereocenters. The Kier molecular flexibility index (Phi) is 4.59. The van der Waals surface area contributed by atoms with Crippen molar-refractivity contribution in [1.29, 1.82) is 0 Å². The number of hydrogen-bond donors (Lipinski definition) is 1. The summed E-state index contributed by atoms with van der Waals surface area (Å²) in [6, 6.07) is 9.86. The van der Waals surface area contributed by atoms with Crippen molar-refractivity contribution in [2.45, 2.75) is 35.7 Å². The standard InChI is InChI=1S/C18H18N4OS2/c1-22-11-19-21-18(22)24-14-8-6-13(7-9-14)20-17(23)16-10-12-4-2-3-5-15(12)25-16/h6-11H,2-5H2,1H3,(H,20,23). The van der Waals surface area contributed by atoms with Crippen LogP contribution >= 0.6 is 23.1 Å². The number of nitrogens with one attached hydrogen (secondary N) is 1. The lowest BCUT2D eigenvalue weighted by atomic mass is 9.99. The summed E-state index contributed by atoms with van der Waals surface area (Å²) in [7, 11) is 1.91. The van der Waals surface area contributed by atoms with Gasteiger partial charge in [0.25, 0.3) is 5.91 Å². The van der Waals surface area contributed by atoms with Gasteiger partial charge in [0, 0.05) is 22.5 Å². The van der Waals surface area contributed by atoms with E-state index in [1.54, 1.807) is 29.4 Å². The number of amides is 1. The Balaban J connectivity index is 1.43. The number of carbonyl (C=O) groups excluding carboxylic acids is 1. The number of nitrogens with zero attached hydrogens (tertiary/aromatic N) is 3. The SMILES string of the molecule is Cn1cnnc1Sc1ccc(NC(=O)c2cc3c(s2)CCCC3)cc1. The zero-order chi connectivity index (χ0) is 17.2. The number of aromatic nitrogens is 3. The fourth-order valence-electron chi connectivity index (χ4n) is 2.87. The molecule has 0 unspecified atom stereocenters. The zero-order valence-electron chi connectivity index (χ0n) is 13.9. The highest BCUT2D eigenvalue weighted by Gasteiger charge is 2.17. The quantitative estimate of drug-likeness (QED) is 0.749. The Morgan fingerprint density at radius 1 is 1.24 bits per heavy atom. The van der Waals surface area contributed by atoms with Gasteiger partial charge in [-0.3, -0.25) is 4.79 Å². The van der Waals surface area contributed by atoms with Gasteiger partial charge < -0.3 is 9.88 Å². The molecule has 0 bridgehead atoms. The Hall–Kier alpha value is -2.12. The van der Waals surface area contributed by atoms with Gasteiger partial charge in [0.15, 0.2) is 5.16 Å². The zero-order valence-corrected chi connectivity index (χ0v) is 15.5. The van der Waals surface area contributed by atoms with Gasteiger partial charge in [-0.15, -0.1) is 21.5 Å². The van der Waals surface area contributed by atoms with Crippen molar-refractivity contribution in [2.24, 2.45) is 7.05 Å². The average molecular weight is 371 g/mol. The van der Waals surface area contributed by atoms with Crippen LogP contribution in [0.2, 0.25) is 0 Å². The lowest BCUT2D eigenvalue weighted by Gasteiger charge is -2.08. The first-order valence-corrected chi connectivity index (χ1v) is 9.87. The molecule has 4 rings (SSSR count). The lowest BCUT2D eigenvalue weighted by molar-refractivity contribution is 0.103. The third-order valence-electron chi connectivity index (χ3n) is 4.21. The summed E-state index contributed by atoms with van der Waals surface area (Å²) >= 11 is 3.18. The number of aryl methyl sites for hydroxylation is 3. The first kappa shape index (κ1) is 16.4. The molecule has 3 aromatic rings. The molecule has 0 aliphatic heterocycles. The van der Waals surface area contributed by atoms with E-state index < -0.39 is 0 Å². The predicted octanol–water partition coefficient (Wildman–Crippen LogP) is 4.16. The largest absolute Gasteiger partial charge is 0.321 e. The van der Waals surface area contributed by atoms with E-state index in [1.807, 2.05) is 35.9 Å². The Morgan fingerprint density at radius 3 is 2.76 bits per heavy atom. The molecule has 0 saturated heterocycles. The number of rotatable bonds is 4. The topological polar surface area (TPSA) is 59.8 Å². The minimum absolute atomic E-state index is 0.0203. The molecule has 7 heteroatoms. The van der Waals surface area contributed by atoms with Crippen molar-refractivity contribution in [2.75, 3.05) is 5.32 Å². The Bertz CT molecular complexity index is 875. The van der Waals surface area contributed by atoms with Gasteiger partial charge in [-0.05, 0) is 73.3 Å². The summed E-state index contributed by atoms with van der Waals surface area (Å²) in [6.45, 7) is 0. The molecule has 0 fully saturated rings. The molecule has 0 saturated carbocycles. The van der Waals surface area contributed by atoms with E-state index in [-0.39, 0.29) is 5.91 Å². The Morgan fingerprint density at radius 2 is 2.04 bits per heavy atom. The van der Waals surface area contributed by atoms with Gasteiger partial charge in [-0.25, -0.2) is 0 Å². The minimum Gasteiger partial charge on any atom is -0.321 e. The molecule has 1 N–H and O–H groups in total. The second-order valence-corrected chi connectivity index (χ2v) is 8.25. The van der Waals surface area contributed by atoms with E-state index in [0.29, 0.717) is 0 Å². The maximum atomic E-state index is 12.5. The van der Waals surface area contributed by atoms with Gasteiger partial charge in [-0.2, -0.15) is 0 Å². The number of carbonyl (C=O) groups is 1. The molecular weight excluding hydrogens is 352 g/mol. The van der Waals surface area contributed by atoms with Gasteiger partial charge >= 0.3 is 0 Å².